The van der Waals surface area contributed by atoms with Crippen LogP contribution < -0.4 is 5.32 Å². The van der Waals surface area contributed by atoms with Gasteiger partial charge >= 0.3 is 0 Å². The average Bonchev–Trinajstić information content (AvgIpc) is 3.18. The molecule has 1 aromatic carbocycles. The molecule has 1 aromatic heterocycles. The third-order valence-electron chi connectivity index (χ3n) is 4.75. The highest BCUT2D eigenvalue weighted by molar-refractivity contribution is 9.10. The van der Waals surface area contributed by atoms with Crippen molar-refractivity contribution in [3.8, 4) is 0 Å². The maximum absolute atomic E-state index is 13.9. The van der Waals surface area contributed by atoms with E-state index in [-0.39, 0.29) is 5.82 Å². The standard InChI is InChI=1S/C18H24BrFN6/c1-21-18(22-8-2-3-13-4-5-15(19)11-16(13)20)26-9-6-14(7-10-26)17-23-12-24-25-17/h4-5,11-12,14H,2-3,6-10H2,1H3,(H,21,22)(H,23,24,25). The summed E-state index contributed by atoms with van der Waals surface area (Å²) in [5.41, 5.74) is 0.748. The van der Waals surface area contributed by atoms with Gasteiger partial charge in [0.1, 0.15) is 18.0 Å². The van der Waals surface area contributed by atoms with Gasteiger partial charge in [-0.05, 0) is 43.4 Å². The van der Waals surface area contributed by atoms with Crippen LogP contribution in [0.1, 0.15) is 36.6 Å². The third-order valence-corrected chi connectivity index (χ3v) is 5.24. The largest absolute Gasteiger partial charge is 0.356 e. The second-order valence-corrected chi connectivity index (χ2v) is 7.36. The third kappa shape index (κ3) is 4.81. The number of hydrogen-bond acceptors (Lipinski definition) is 3. The summed E-state index contributed by atoms with van der Waals surface area (Å²) < 4.78 is 14.6. The van der Waals surface area contributed by atoms with Gasteiger partial charge in [0, 0.05) is 37.1 Å². The van der Waals surface area contributed by atoms with Gasteiger partial charge in [-0.3, -0.25) is 10.1 Å². The van der Waals surface area contributed by atoms with Gasteiger partial charge in [-0.1, -0.05) is 22.0 Å². The minimum Gasteiger partial charge on any atom is -0.356 e. The number of aromatic amines is 1. The van der Waals surface area contributed by atoms with Gasteiger partial charge in [0.15, 0.2) is 5.96 Å². The molecule has 1 aliphatic rings. The van der Waals surface area contributed by atoms with E-state index >= 15 is 0 Å². The molecule has 0 saturated carbocycles. The lowest BCUT2D eigenvalue weighted by Crippen LogP contribution is -2.45. The number of H-pyrrole nitrogens is 1. The number of piperidine rings is 1. The molecule has 6 nitrogen and oxygen atoms in total. The Kier molecular flexibility index (Phi) is 6.60. The van der Waals surface area contributed by atoms with Crippen LogP contribution in [0, 0.1) is 5.82 Å². The second kappa shape index (κ2) is 9.12. The zero-order valence-corrected chi connectivity index (χ0v) is 16.5. The van der Waals surface area contributed by atoms with Gasteiger partial charge in [-0.25, -0.2) is 9.37 Å². The highest BCUT2D eigenvalue weighted by Crippen LogP contribution is 2.24. The second-order valence-electron chi connectivity index (χ2n) is 6.45. The predicted octanol–water partition coefficient (Wildman–Crippen LogP) is 3.09. The van der Waals surface area contributed by atoms with Crippen molar-refractivity contribution in [1.29, 1.82) is 0 Å². The van der Waals surface area contributed by atoms with Crippen molar-refractivity contribution in [1.82, 2.24) is 25.4 Å². The number of hydrogen-bond donors (Lipinski definition) is 2. The minimum absolute atomic E-state index is 0.154. The van der Waals surface area contributed by atoms with Crippen LogP contribution in [0.15, 0.2) is 34.0 Å². The number of guanidine groups is 1. The molecule has 26 heavy (non-hydrogen) atoms. The molecule has 0 radical (unpaired) electrons. The molecule has 0 aliphatic carbocycles. The van der Waals surface area contributed by atoms with Crippen molar-refractivity contribution in [2.45, 2.75) is 31.6 Å². The Balaban J connectivity index is 1.42. The maximum atomic E-state index is 13.9. The average molecular weight is 423 g/mol. The lowest BCUT2D eigenvalue weighted by Gasteiger charge is -2.33. The number of halogens is 2. The summed E-state index contributed by atoms with van der Waals surface area (Å²) in [6, 6.07) is 5.23. The van der Waals surface area contributed by atoms with E-state index in [9.17, 15) is 4.39 Å². The summed E-state index contributed by atoms with van der Waals surface area (Å²) in [5.74, 6) is 2.17. The fraction of sp³-hybridized carbons (Fsp3) is 0.500. The molecule has 2 aromatic rings. The molecule has 140 valence electrons. The van der Waals surface area contributed by atoms with Gasteiger partial charge in [0.2, 0.25) is 0 Å². The number of aliphatic imine (C=N–C) groups is 1. The van der Waals surface area contributed by atoms with E-state index in [0.29, 0.717) is 12.3 Å². The molecule has 0 amide bonds. The SMILES string of the molecule is CN=C(NCCCc1ccc(Br)cc1F)N1CCC(c2ncn[nH]2)CC1. The summed E-state index contributed by atoms with van der Waals surface area (Å²) in [6.45, 7) is 2.64. The van der Waals surface area contributed by atoms with Crippen molar-refractivity contribution in [3.63, 3.8) is 0 Å². The topological polar surface area (TPSA) is 69.2 Å². The van der Waals surface area contributed by atoms with Crippen LogP contribution in [-0.2, 0) is 6.42 Å². The molecule has 2 N–H and O–H groups in total. The molecule has 1 saturated heterocycles. The highest BCUT2D eigenvalue weighted by Gasteiger charge is 2.24. The van der Waals surface area contributed by atoms with Crippen LogP contribution in [-0.4, -0.2) is 52.7 Å². The number of benzene rings is 1. The van der Waals surface area contributed by atoms with Crippen molar-refractivity contribution in [2.24, 2.45) is 4.99 Å². The molecule has 1 aliphatic heterocycles. The first-order valence-corrected chi connectivity index (χ1v) is 9.71. The zero-order valence-electron chi connectivity index (χ0n) is 14.9. The van der Waals surface area contributed by atoms with Crippen LogP contribution in [0.4, 0.5) is 4.39 Å². The van der Waals surface area contributed by atoms with E-state index in [1.807, 2.05) is 12.1 Å². The quantitative estimate of drug-likeness (QED) is 0.441. The van der Waals surface area contributed by atoms with E-state index in [4.69, 9.17) is 0 Å². The molecule has 0 atom stereocenters. The van der Waals surface area contributed by atoms with Gasteiger partial charge in [-0.2, -0.15) is 5.10 Å². The van der Waals surface area contributed by atoms with Crippen molar-refractivity contribution < 1.29 is 4.39 Å². The molecular formula is C18H24BrFN6. The first-order chi connectivity index (χ1) is 12.7. The van der Waals surface area contributed by atoms with Gasteiger partial charge < -0.3 is 10.2 Å². The number of nitrogens with one attached hydrogen (secondary N) is 2. The van der Waals surface area contributed by atoms with E-state index in [1.165, 1.54) is 6.07 Å². The summed E-state index contributed by atoms with van der Waals surface area (Å²) in [4.78, 5) is 10.9. The van der Waals surface area contributed by atoms with E-state index < -0.39 is 0 Å². The lowest BCUT2D eigenvalue weighted by atomic mass is 9.96. The van der Waals surface area contributed by atoms with Crippen molar-refractivity contribution in [3.05, 3.63) is 46.2 Å². The Bertz CT molecular complexity index is 725. The van der Waals surface area contributed by atoms with Crippen molar-refractivity contribution >= 4 is 21.9 Å². The molecule has 3 rings (SSSR count). The van der Waals surface area contributed by atoms with Crippen LogP contribution in [0.3, 0.4) is 0 Å². The Morgan fingerprint density at radius 3 is 2.88 bits per heavy atom. The highest BCUT2D eigenvalue weighted by atomic mass is 79.9. The first kappa shape index (κ1) is 18.8. The summed E-state index contributed by atoms with van der Waals surface area (Å²) >= 11 is 3.28. The minimum atomic E-state index is -0.154. The number of likely N-dealkylation sites (tertiary alicyclic amines) is 1. The van der Waals surface area contributed by atoms with Crippen LogP contribution in [0.25, 0.3) is 0 Å². The maximum Gasteiger partial charge on any atom is 0.193 e. The van der Waals surface area contributed by atoms with E-state index in [0.717, 1.165) is 60.7 Å². The van der Waals surface area contributed by atoms with Crippen LogP contribution in [0.5, 0.6) is 0 Å². The summed E-state index contributed by atoms with van der Waals surface area (Å²) in [5, 5.41) is 10.3. The Morgan fingerprint density at radius 1 is 1.42 bits per heavy atom. The fourth-order valence-electron chi connectivity index (χ4n) is 3.31. The number of rotatable bonds is 5. The molecule has 1 fully saturated rings. The van der Waals surface area contributed by atoms with Crippen LogP contribution >= 0.6 is 15.9 Å². The number of aryl methyl sites for hydroxylation is 1. The molecule has 0 unspecified atom stereocenters. The van der Waals surface area contributed by atoms with E-state index in [2.05, 4.69) is 46.3 Å². The van der Waals surface area contributed by atoms with Crippen LogP contribution in [0.2, 0.25) is 0 Å². The Hall–Kier alpha value is -1.96. The summed E-state index contributed by atoms with van der Waals surface area (Å²) in [6.07, 6.45) is 5.18. The molecular weight excluding hydrogens is 399 g/mol. The first-order valence-electron chi connectivity index (χ1n) is 8.92. The van der Waals surface area contributed by atoms with Gasteiger partial charge in [0.05, 0.1) is 0 Å². The molecule has 8 heteroatoms. The predicted molar refractivity (Wildman–Crippen MR) is 104 cm³/mol. The van der Waals surface area contributed by atoms with E-state index in [1.54, 1.807) is 13.4 Å². The van der Waals surface area contributed by atoms with Gasteiger partial charge in [-0.15, -0.1) is 0 Å². The smallest absolute Gasteiger partial charge is 0.193 e. The fourth-order valence-corrected chi connectivity index (χ4v) is 3.65. The Morgan fingerprint density at radius 2 is 2.23 bits per heavy atom. The zero-order chi connectivity index (χ0) is 18.4. The Labute approximate surface area is 161 Å². The lowest BCUT2D eigenvalue weighted by molar-refractivity contribution is 0.299. The summed E-state index contributed by atoms with van der Waals surface area (Å²) in [7, 11) is 1.80. The molecule has 2 heterocycles. The monoisotopic (exact) mass is 422 g/mol. The molecule has 0 bridgehead atoms. The number of aromatic nitrogens is 3. The van der Waals surface area contributed by atoms with Gasteiger partial charge in [0.25, 0.3) is 0 Å². The van der Waals surface area contributed by atoms with Crippen molar-refractivity contribution in [2.75, 3.05) is 26.7 Å². The normalized spacial score (nSPS) is 16.1. The molecule has 0 spiro atoms. The number of nitrogens with zero attached hydrogens (tertiary/aromatic N) is 4.